The van der Waals surface area contributed by atoms with E-state index in [1.54, 1.807) is 6.20 Å². The van der Waals surface area contributed by atoms with Crippen LogP contribution in [0.4, 0.5) is 0 Å². The smallest absolute Gasteiger partial charge is 0.243 e. The molecule has 1 aromatic rings. The van der Waals surface area contributed by atoms with E-state index in [0.717, 1.165) is 19.3 Å². The van der Waals surface area contributed by atoms with Gasteiger partial charge in [-0.05, 0) is 37.0 Å². The van der Waals surface area contributed by atoms with Crippen LogP contribution in [0.1, 0.15) is 18.4 Å². The van der Waals surface area contributed by atoms with Crippen LogP contribution in [-0.2, 0) is 11.2 Å². The van der Waals surface area contributed by atoms with Crippen molar-refractivity contribution >= 4 is 5.91 Å². The molecular weight excluding hydrogens is 188 g/mol. The van der Waals surface area contributed by atoms with Gasteiger partial charge in [0, 0.05) is 18.9 Å². The summed E-state index contributed by atoms with van der Waals surface area (Å²) in [6.45, 7) is 4.10. The number of aryl methyl sites for hydroxylation is 1. The van der Waals surface area contributed by atoms with Gasteiger partial charge in [-0.1, -0.05) is 12.6 Å². The van der Waals surface area contributed by atoms with Crippen LogP contribution in [0.15, 0.2) is 37.2 Å². The molecule has 0 aliphatic rings. The number of rotatable bonds is 6. The Morgan fingerprint density at radius 1 is 1.53 bits per heavy atom. The Balaban J connectivity index is 2.07. The molecule has 3 nitrogen and oxygen atoms in total. The van der Waals surface area contributed by atoms with Gasteiger partial charge in [0.15, 0.2) is 0 Å². The van der Waals surface area contributed by atoms with Crippen LogP contribution in [0.2, 0.25) is 0 Å². The lowest BCUT2D eigenvalue weighted by atomic mass is 10.1. The van der Waals surface area contributed by atoms with Crippen LogP contribution in [0, 0.1) is 0 Å². The first-order chi connectivity index (χ1) is 7.33. The fraction of sp³-hybridized carbons (Fsp3) is 0.333. The summed E-state index contributed by atoms with van der Waals surface area (Å²) in [5.41, 5.74) is 1.24. The van der Waals surface area contributed by atoms with E-state index in [-0.39, 0.29) is 5.91 Å². The highest BCUT2D eigenvalue weighted by Gasteiger charge is 1.94. The number of aromatic nitrogens is 1. The first kappa shape index (κ1) is 11.4. The Morgan fingerprint density at radius 3 is 3.07 bits per heavy atom. The number of pyridine rings is 1. The summed E-state index contributed by atoms with van der Waals surface area (Å²) >= 11 is 0. The number of unbranched alkanes of at least 4 members (excludes halogenated alkanes) is 1. The molecule has 0 aliphatic carbocycles. The zero-order valence-corrected chi connectivity index (χ0v) is 8.78. The lowest BCUT2D eigenvalue weighted by Crippen LogP contribution is -2.21. The Hall–Kier alpha value is -1.64. The number of carbonyl (C=O) groups excluding carboxylic acids is 1. The monoisotopic (exact) mass is 204 g/mol. The molecular formula is C12H16N2O. The number of hydrogen-bond acceptors (Lipinski definition) is 2. The predicted octanol–water partition coefficient (Wildman–Crippen LogP) is 1.71. The summed E-state index contributed by atoms with van der Waals surface area (Å²) in [5, 5.41) is 2.75. The van der Waals surface area contributed by atoms with Crippen LogP contribution in [0.5, 0.6) is 0 Å². The summed E-state index contributed by atoms with van der Waals surface area (Å²) in [4.78, 5) is 14.8. The number of amides is 1. The molecule has 0 aliphatic heterocycles. The molecule has 1 aromatic heterocycles. The van der Waals surface area contributed by atoms with Gasteiger partial charge in [-0.2, -0.15) is 0 Å². The first-order valence-electron chi connectivity index (χ1n) is 5.12. The fourth-order valence-corrected chi connectivity index (χ4v) is 1.28. The molecule has 1 rings (SSSR count). The molecule has 0 aromatic carbocycles. The lowest BCUT2D eigenvalue weighted by Gasteiger charge is -2.02. The van der Waals surface area contributed by atoms with Crippen LogP contribution >= 0.6 is 0 Å². The maximum absolute atomic E-state index is 10.8. The van der Waals surface area contributed by atoms with Crippen molar-refractivity contribution in [1.82, 2.24) is 10.3 Å². The summed E-state index contributed by atoms with van der Waals surface area (Å²) in [6, 6.07) is 4.00. The predicted molar refractivity (Wildman–Crippen MR) is 60.4 cm³/mol. The van der Waals surface area contributed by atoms with Crippen molar-refractivity contribution in [2.75, 3.05) is 6.54 Å². The van der Waals surface area contributed by atoms with Gasteiger partial charge in [-0.15, -0.1) is 0 Å². The molecule has 0 unspecified atom stereocenters. The van der Waals surface area contributed by atoms with Gasteiger partial charge in [0.05, 0.1) is 0 Å². The van der Waals surface area contributed by atoms with Crippen molar-refractivity contribution in [2.24, 2.45) is 0 Å². The van der Waals surface area contributed by atoms with E-state index in [1.807, 2.05) is 12.3 Å². The van der Waals surface area contributed by atoms with E-state index in [4.69, 9.17) is 0 Å². The highest BCUT2D eigenvalue weighted by molar-refractivity contribution is 5.86. The minimum Gasteiger partial charge on any atom is -0.353 e. The van der Waals surface area contributed by atoms with E-state index in [9.17, 15) is 4.79 Å². The van der Waals surface area contributed by atoms with Gasteiger partial charge in [0.1, 0.15) is 0 Å². The highest BCUT2D eigenvalue weighted by atomic mass is 16.1. The van der Waals surface area contributed by atoms with Gasteiger partial charge in [0.2, 0.25) is 5.91 Å². The summed E-state index contributed by atoms with van der Waals surface area (Å²) in [6.07, 6.45) is 7.99. The third-order valence-electron chi connectivity index (χ3n) is 2.10. The van der Waals surface area contributed by atoms with Crippen molar-refractivity contribution in [3.63, 3.8) is 0 Å². The van der Waals surface area contributed by atoms with Gasteiger partial charge in [0.25, 0.3) is 0 Å². The van der Waals surface area contributed by atoms with E-state index < -0.39 is 0 Å². The van der Waals surface area contributed by atoms with Crippen molar-refractivity contribution in [1.29, 1.82) is 0 Å². The molecule has 0 bridgehead atoms. The first-order valence-corrected chi connectivity index (χ1v) is 5.12. The lowest BCUT2D eigenvalue weighted by molar-refractivity contribution is -0.116. The molecule has 0 spiro atoms. The second kappa shape index (κ2) is 6.76. The minimum atomic E-state index is -0.101. The van der Waals surface area contributed by atoms with Crippen LogP contribution in [0.25, 0.3) is 0 Å². The maximum Gasteiger partial charge on any atom is 0.243 e. The average molecular weight is 204 g/mol. The van der Waals surface area contributed by atoms with E-state index >= 15 is 0 Å². The van der Waals surface area contributed by atoms with Crippen LogP contribution < -0.4 is 5.32 Å². The Morgan fingerprint density at radius 2 is 2.40 bits per heavy atom. The second-order valence-corrected chi connectivity index (χ2v) is 3.31. The molecule has 1 amide bonds. The summed E-state index contributed by atoms with van der Waals surface area (Å²) in [5.74, 6) is -0.101. The third-order valence-corrected chi connectivity index (χ3v) is 2.10. The third kappa shape index (κ3) is 4.96. The van der Waals surface area contributed by atoms with E-state index in [2.05, 4.69) is 22.9 Å². The molecule has 1 N–H and O–H groups in total. The zero-order chi connectivity index (χ0) is 10.9. The fourth-order valence-electron chi connectivity index (χ4n) is 1.28. The molecule has 80 valence electrons. The van der Waals surface area contributed by atoms with Crippen molar-refractivity contribution in [2.45, 2.75) is 19.3 Å². The van der Waals surface area contributed by atoms with Crippen molar-refractivity contribution in [3.8, 4) is 0 Å². The maximum atomic E-state index is 10.8. The van der Waals surface area contributed by atoms with Crippen LogP contribution in [-0.4, -0.2) is 17.4 Å². The summed E-state index contributed by atoms with van der Waals surface area (Å²) in [7, 11) is 0. The average Bonchev–Trinajstić information content (AvgIpc) is 2.29. The van der Waals surface area contributed by atoms with Crippen LogP contribution in [0.3, 0.4) is 0 Å². The molecule has 0 atom stereocenters. The van der Waals surface area contributed by atoms with Crippen molar-refractivity contribution < 1.29 is 4.79 Å². The standard InChI is InChI=1S/C12H16N2O/c1-2-12(15)14-9-4-3-6-11-7-5-8-13-10-11/h2,5,7-8,10H,1,3-4,6,9H2,(H,14,15). The molecule has 1 heterocycles. The number of nitrogens with zero attached hydrogens (tertiary/aromatic N) is 1. The summed E-state index contributed by atoms with van der Waals surface area (Å²) < 4.78 is 0. The minimum absolute atomic E-state index is 0.101. The molecule has 0 radical (unpaired) electrons. The Bertz CT molecular complexity index is 309. The Kier molecular flexibility index (Phi) is 5.15. The van der Waals surface area contributed by atoms with Gasteiger partial charge in [-0.25, -0.2) is 0 Å². The molecule has 0 saturated carbocycles. The number of carbonyl (C=O) groups is 1. The number of nitrogens with one attached hydrogen (secondary N) is 1. The van der Waals surface area contributed by atoms with E-state index in [0.29, 0.717) is 6.54 Å². The normalized spacial score (nSPS) is 9.60. The van der Waals surface area contributed by atoms with Crippen molar-refractivity contribution in [3.05, 3.63) is 42.7 Å². The van der Waals surface area contributed by atoms with Gasteiger partial charge >= 0.3 is 0 Å². The Labute approximate surface area is 90.2 Å². The molecule has 0 fully saturated rings. The molecule has 0 saturated heterocycles. The second-order valence-electron chi connectivity index (χ2n) is 3.31. The molecule has 3 heteroatoms. The van der Waals surface area contributed by atoms with Gasteiger partial charge < -0.3 is 5.32 Å². The van der Waals surface area contributed by atoms with E-state index in [1.165, 1.54) is 11.6 Å². The highest BCUT2D eigenvalue weighted by Crippen LogP contribution is 2.01. The number of hydrogen-bond donors (Lipinski definition) is 1. The van der Waals surface area contributed by atoms with Gasteiger partial charge in [-0.3, -0.25) is 9.78 Å². The quantitative estimate of drug-likeness (QED) is 0.566. The largest absolute Gasteiger partial charge is 0.353 e. The topological polar surface area (TPSA) is 42.0 Å². The zero-order valence-electron chi connectivity index (χ0n) is 8.78. The molecule has 15 heavy (non-hydrogen) atoms. The SMILES string of the molecule is C=CC(=O)NCCCCc1cccnc1.